The third-order valence-electron chi connectivity index (χ3n) is 7.59. The third kappa shape index (κ3) is 7.83. The van der Waals surface area contributed by atoms with Crippen molar-refractivity contribution in [2.45, 2.75) is 32.6 Å². The van der Waals surface area contributed by atoms with Gasteiger partial charge in [0.2, 0.25) is 5.43 Å². The predicted molar refractivity (Wildman–Crippen MR) is 175 cm³/mol. The van der Waals surface area contributed by atoms with E-state index in [9.17, 15) is 19.5 Å². The highest BCUT2D eigenvalue weighted by Gasteiger charge is 2.20. The number of aliphatic carboxylic acids is 1. The molecule has 11 nitrogen and oxygen atoms in total. The molecule has 11 heteroatoms. The second-order valence-corrected chi connectivity index (χ2v) is 10.8. The first-order valence-corrected chi connectivity index (χ1v) is 14.8. The van der Waals surface area contributed by atoms with Crippen molar-refractivity contribution in [2.24, 2.45) is 7.05 Å². The molecule has 5 rings (SSSR count). The summed E-state index contributed by atoms with van der Waals surface area (Å²) < 4.78 is 1.72. The third-order valence-corrected chi connectivity index (χ3v) is 7.59. The number of carboxylic acid groups (broad SMARTS) is 1. The number of aryl methyl sites for hydroxylation is 1. The Morgan fingerprint density at radius 2 is 1.60 bits per heavy atom. The maximum absolute atomic E-state index is 13.2. The number of nitrogens with zero attached hydrogens (tertiary/aromatic N) is 2. The normalized spacial score (nSPS) is 11.8. The average Bonchev–Trinajstić information content (AvgIpc) is 3.58. The second-order valence-electron chi connectivity index (χ2n) is 10.8. The highest BCUT2D eigenvalue weighted by atomic mass is 16.4. The Bertz CT molecular complexity index is 1820. The van der Waals surface area contributed by atoms with Gasteiger partial charge in [0.1, 0.15) is 11.6 Å². The van der Waals surface area contributed by atoms with E-state index in [1.165, 1.54) is 11.8 Å². The summed E-state index contributed by atoms with van der Waals surface area (Å²) in [6, 6.07) is 20.6. The van der Waals surface area contributed by atoms with Gasteiger partial charge in [-0.05, 0) is 46.5 Å². The maximum Gasteiger partial charge on any atom is 0.322 e. The predicted octanol–water partition coefficient (Wildman–Crippen LogP) is 3.62. The summed E-state index contributed by atoms with van der Waals surface area (Å²) in [5.41, 5.74) is 5.43. The summed E-state index contributed by atoms with van der Waals surface area (Å²) >= 11 is 0. The molecule has 1 atom stereocenters. The molecule has 1 unspecified atom stereocenters. The Morgan fingerprint density at radius 3 is 2.22 bits per heavy atom. The van der Waals surface area contributed by atoms with Crippen LogP contribution in [0, 0.1) is 0 Å². The Morgan fingerprint density at radius 1 is 0.933 bits per heavy atom. The van der Waals surface area contributed by atoms with Crippen molar-refractivity contribution in [3.05, 3.63) is 118 Å². The molecular weight excluding hydrogens is 570 g/mol. The number of fused-ring (bicyclic) bond motifs is 1. The summed E-state index contributed by atoms with van der Waals surface area (Å²) in [5.74, 6) is -1.10. The van der Waals surface area contributed by atoms with Gasteiger partial charge in [-0.15, -0.1) is 0 Å². The summed E-state index contributed by atoms with van der Waals surface area (Å²) in [6.45, 7) is 4.43. The van der Waals surface area contributed by atoms with Crippen molar-refractivity contribution in [3.8, 4) is 11.1 Å². The molecule has 45 heavy (non-hydrogen) atoms. The molecule has 0 aliphatic carbocycles. The largest absolute Gasteiger partial charge is 0.480 e. The Labute approximate surface area is 260 Å². The monoisotopic (exact) mass is 607 g/mol. The Kier molecular flexibility index (Phi) is 10.0. The minimum atomic E-state index is -1.10. The Hall–Kier alpha value is -5.26. The lowest BCUT2D eigenvalue weighted by atomic mass is 10.0. The van der Waals surface area contributed by atoms with Gasteiger partial charge in [0.05, 0.1) is 5.52 Å². The standard InChI is InChI=1S/C34H37N7O4/c1-3-35-17-22-4-9-25(10-5-22)26-11-6-23(7-12-26)18-38-29(33(44)45)20-39-32(43)28-21-41(2)30-16-24(8-13-27(30)31(28)42)19-40-34-36-14-15-37-34/h4-16,21,29,35,38H,3,17-20H2,1-2H3,(H,39,43)(H,44,45)(H2,36,37,40). The SMILES string of the molecule is CCNCc1ccc(-c2ccc(CNC(CNC(=O)c3cn(C)c4cc(CNc5ncc[nH]5)ccc4c3=O)C(=O)O)cc2)cc1. The first-order chi connectivity index (χ1) is 21.8. The topological polar surface area (TPSA) is 153 Å². The van der Waals surface area contributed by atoms with Crippen LogP contribution in [0.25, 0.3) is 22.0 Å². The van der Waals surface area contributed by atoms with Gasteiger partial charge in [0, 0.05) is 57.2 Å². The van der Waals surface area contributed by atoms with E-state index in [-0.39, 0.29) is 12.1 Å². The molecule has 0 spiro atoms. The zero-order valence-electron chi connectivity index (χ0n) is 25.3. The molecule has 0 aliphatic rings. The molecule has 0 aliphatic heterocycles. The lowest BCUT2D eigenvalue weighted by molar-refractivity contribution is -0.139. The molecule has 2 heterocycles. The number of carboxylic acids is 1. The highest BCUT2D eigenvalue weighted by Crippen LogP contribution is 2.21. The number of pyridine rings is 1. The summed E-state index contributed by atoms with van der Waals surface area (Å²) in [4.78, 5) is 45.3. The van der Waals surface area contributed by atoms with Crippen LogP contribution in [0.3, 0.4) is 0 Å². The van der Waals surface area contributed by atoms with Gasteiger partial charge in [0.25, 0.3) is 5.91 Å². The van der Waals surface area contributed by atoms with E-state index in [1.807, 2.05) is 36.4 Å². The van der Waals surface area contributed by atoms with Crippen molar-refractivity contribution in [1.29, 1.82) is 0 Å². The fourth-order valence-corrected chi connectivity index (χ4v) is 5.02. The lowest BCUT2D eigenvalue weighted by Crippen LogP contribution is -2.46. The van der Waals surface area contributed by atoms with E-state index < -0.39 is 23.3 Å². The summed E-state index contributed by atoms with van der Waals surface area (Å²) in [5, 5.41) is 22.3. The molecule has 1 amide bonds. The van der Waals surface area contributed by atoms with Crippen LogP contribution in [0.4, 0.5) is 5.95 Å². The molecular formula is C34H37N7O4. The van der Waals surface area contributed by atoms with E-state index in [2.05, 4.69) is 62.4 Å². The number of nitrogens with one attached hydrogen (secondary N) is 5. The van der Waals surface area contributed by atoms with Crippen molar-refractivity contribution < 1.29 is 14.7 Å². The quantitative estimate of drug-likeness (QED) is 0.112. The van der Waals surface area contributed by atoms with E-state index >= 15 is 0 Å². The molecule has 2 aromatic heterocycles. The maximum atomic E-state index is 13.2. The number of H-pyrrole nitrogens is 1. The number of carbonyl (C=O) groups is 2. The Balaban J connectivity index is 1.18. The number of carbonyl (C=O) groups excluding carboxylic acids is 1. The minimum absolute atomic E-state index is 0.0548. The van der Waals surface area contributed by atoms with Crippen LogP contribution >= 0.6 is 0 Å². The number of hydrogen-bond acceptors (Lipinski definition) is 7. The first kappa shape index (κ1) is 31.2. The van der Waals surface area contributed by atoms with Crippen LogP contribution in [0.5, 0.6) is 0 Å². The zero-order chi connectivity index (χ0) is 31.8. The number of benzene rings is 3. The van der Waals surface area contributed by atoms with Gasteiger partial charge < -0.3 is 30.6 Å². The van der Waals surface area contributed by atoms with E-state index in [4.69, 9.17) is 0 Å². The molecule has 232 valence electrons. The molecule has 3 aromatic carbocycles. The van der Waals surface area contributed by atoms with Gasteiger partial charge in [0.15, 0.2) is 5.95 Å². The number of aromatic amines is 1. The molecule has 6 N–H and O–H groups in total. The van der Waals surface area contributed by atoms with Gasteiger partial charge in [-0.3, -0.25) is 19.7 Å². The zero-order valence-corrected chi connectivity index (χ0v) is 25.3. The van der Waals surface area contributed by atoms with Crippen LogP contribution in [0.2, 0.25) is 0 Å². The molecule has 0 radical (unpaired) electrons. The summed E-state index contributed by atoms with van der Waals surface area (Å²) in [6.07, 6.45) is 4.85. The van der Waals surface area contributed by atoms with Gasteiger partial charge in [-0.2, -0.15) is 0 Å². The number of hydrogen-bond donors (Lipinski definition) is 6. The number of imidazole rings is 1. The van der Waals surface area contributed by atoms with Gasteiger partial charge >= 0.3 is 5.97 Å². The molecule has 5 aromatic rings. The van der Waals surface area contributed by atoms with Gasteiger partial charge in [-0.25, -0.2) is 4.98 Å². The number of rotatable bonds is 14. The van der Waals surface area contributed by atoms with Crippen molar-refractivity contribution in [3.63, 3.8) is 0 Å². The van der Waals surface area contributed by atoms with Crippen molar-refractivity contribution in [2.75, 3.05) is 18.4 Å². The van der Waals surface area contributed by atoms with E-state index in [0.29, 0.717) is 29.9 Å². The minimum Gasteiger partial charge on any atom is -0.480 e. The fraction of sp³-hybridized carbons (Fsp3) is 0.235. The van der Waals surface area contributed by atoms with E-state index in [0.717, 1.165) is 35.3 Å². The molecule has 0 saturated heterocycles. The summed E-state index contributed by atoms with van der Waals surface area (Å²) in [7, 11) is 1.76. The molecule has 0 bridgehead atoms. The highest BCUT2D eigenvalue weighted by molar-refractivity contribution is 5.97. The van der Waals surface area contributed by atoms with Gasteiger partial charge in [-0.1, -0.05) is 61.5 Å². The number of aromatic nitrogens is 3. The van der Waals surface area contributed by atoms with E-state index in [1.54, 1.807) is 30.1 Å². The van der Waals surface area contributed by atoms with Crippen molar-refractivity contribution in [1.82, 2.24) is 30.5 Å². The van der Waals surface area contributed by atoms with Crippen LogP contribution in [0.15, 0.2) is 90.1 Å². The van der Waals surface area contributed by atoms with Crippen LogP contribution in [-0.4, -0.2) is 50.6 Å². The smallest absolute Gasteiger partial charge is 0.322 e. The molecule has 0 saturated carbocycles. The van der Waals surface area contributed by atoms with Crippen LogP contribution in [-0.2, 0) is 31.5 Å². The lowest BCUT2D eigenvalue weighted by Gasteiger charge is -2.16. The number of anilines is 1. The average molecular weight is 608 g/mol. The molecule has 0 fully saturated rings. The first-order valence-electron chi connectivity index (χ1n) is 14.8. The fourth-order valence-electron chi connectivity index (χ4n) is 5.02. The van der Waals surface area contributed by atoms with Crippen molar-refractivity contribution >= 4 is 28.7 Å². The van der Waals surface area contributed by atoms with Crippen LogP contribution in [0.1, 0.15) is 34.0 Å². The van der Waals surface area contributed by atoms with Crippen LogP contribution < -0.4 is 26.7 Å². The number of amides is 1. The second kappa shape index (κ2) is 14.5.